The van der Waals surface area contributed by atoms with E-state index in [2.05, 4.69) is 13.0 Å². The van der Waals surface area contributed by atoms with Gasteiger partial charge in [-0.15, -0.1) is 0 Å². The van der Waals surface area contributed by atoms with E-state index in [0.29, 0.717) is 5.41 Å². The molecule has 1 heteroatoms. The summed E-state index contributed by atoms with van der Waals surface area (Å²) < 4.78 is 0. The molecule has 0 spiro atoms. The molecule has 0 unspecified atom stereocenters. The van der Waals surface area contributed by atoms with Gasteiger partial charge in [-0.2, -0.15) is 0 Å². The predicted molar refractivity (Wildman–Crippen MR) is 63.4 cm³/mol. The summed E-state index contributed by atoms with van der Waals surface area (Å²) in [5, 5.41) is 0. The van der Waals surface area contributed by atoms with Crippen molar-refractivity contribution in [2.45, 2.75) is 45.4 Å². The minimum Gasteiger partial charge on any atom is -0.327 e. The topological polar surface area (TPSA) is 26.0 Å². The Labute approximate surface area is 93.1 Å². The molecule has 0 aromatic heterocycles. The van der Waals surface area contributed by atoms with Crippen molar-refractivity contribution < 1.29 is 0 Å². The third-order valence-corrected chi connectivity index (χ3v) is 4.96. The minimum absolute atomic E-state index is 0.582. The van der Waals surface area contributed by atoms with Crippen molar-refractivity contribution in [2.24, 2.45) is 28.9 Å². The van der Waals surface area contributed by atoms with Gasteiger partial charge in [0.15, 0.2) is 0 Å². The molecule has 4 rings (SSSR count). The van der Waals surface area contributed by atoms with Crippen LogP contribution >= 0.6 is 0 Å². The molecule has 4 aliphatic carbocycles. The lowest BCUT2D eigenvalue weighted by atomic mass is 9.49. The van der Waals surface area contributed by atoms with Crippen LogP contribution in [0.3, 0.4) is 0 Å². The van der Waals surface area contributed by atoms with Crippen LogP contribution in [-0.2, 0) is 0 Å². The van der Waals surface area contributed by atoms with Crippen molar-refractivity contribution in [3.63, 3.8) is 0 Å². The first-order valence-corrected chi connectivity index (χ1v) is 6.57. The molecule has 4 aliphatic rings. The molecule has 4 fully saturated rings. The minimum atomic E-state index is 0.582. The molecule has 0 atom stereocenters. The molecule has 15 heavy (non-hydrogen) atoms. The van der Waals surface area contributed by atoms with E-state index in [1.807, 2.05) is 0 Å². The monoisotopic (exact) mass is 205 g/mol. The molecule has 4 saturated carbocycles. The second-order valence-corrected chi connectivity index (χ2v) is 6.47. The maximum Gasteiger partial charge on any atom is 0.0134 e. The molecule has 1 nitrogen and oxygen atoms in total. The van der Waals surface area contributed by atoms with Crippen LogP contribution in [0, 0.1) is 23.2 Å². The molecule has 0 radical (unpaired) electrons. The fourth-order valence-corrected chi connectivity index (χ4v) is 4.94. The summed E-state index contributed by atoms with van der Waals surface area (Å²) in [7, 11) is 0. The highest BCUT2D eigenvalue weighted by molar-refractivity contribution is 5.15. The van der Waals surface area contributed by atoms with E-state index in [0.717, 1.165) is 24.3 Å². The second-order valence-electron chi connectivity index (χ2n) is 6.47. The van der Waals surface area contributed by atoms with Crippen LogP contribution in [-0.4, -0.2) is 6.54 Å². The number of hydrogen-bond donors (Lipinski definition) is 1. The summed E-state index contributed by atoms with van der Waals surface area (Å²) in [6, 6.07) is 0. The number of nitrogens with two attached hydrogens (primary N) is 1. The van der Waals surface area contributed by atoms with Gasteiger partial charge in [0.2, 0.25) is 0 Å². The molecule has 0 aliphatic heterocycles. The first-order chi connectivity index (χ1) is 7.19. The quantitative estimate of drug-likeness (QED) is 0.689. The average molecular weight is 205 g/mol. The Morgan fingerprint density at radius 3 is 2.00 bits per heavy atom. The summed E-state index contributed by atoms with van der Waals surface area (Å²) in [5.74, 6) is 3.16. The number of allylic oxidation sites excluding steroid dienone is 1. The molecular weight excluding hydrogens is 182 g/mol. The first kappa shape index (κ1) is 9.89. The van der Waals surface area contributed by atoms with Gasteiger partial charge in [-0.1, -0.05) is 11.6 Å². The SMILES string of the molecule is C/C(=C\C12CC3CC(CC(C3)C1)C2)CN. The van der Waals surface area contributed by atoms with Gasteiger partial charge in [-0.25, -0.2) is 0 Å². The van der Waals surface area contributed by atoms with Crippen molar-refractivity contribution in [1.82, 2.24) is 0 Å². The maximum absolute atomic E-state index is 5.73. The van der Waals surface area contributed by atoms with Crippen molar-refractivity contribution in [3.8, 4) is 0 Å². The summed E-state index contributed by atoms with van der Waals surface area (Å²) in [6.07, 6.45) is 11.6. The Hall–Kier alpha value is -0.300. The van der Waals surface area contributed by atoms with Gasteiger partial charge < -0.3 is 5.73 Å². The van der Waals surface area contributed by atoms with Crippen LogP contribution in [0.2, 0.25) is 0 Å². The molecule has 0 aromatic rings. The fourth-order valence-electron chi connectivity index (χ4n) is 4.94. The van der Waals surface area contributed by atoms with Crippen LogP contribution in [0.15, 0.2) is 11.6 Å². The summed E-state index contributed by atoms with van der Waals surface area (Å²) in [4.78, 5) is 0. The first-order valence-electron chi connectivity index (χ1n) is 6.57. The van der Waals surface area contributed by atoms with Gasteiger partial charge in [-0.05, 0) is 68.6 Å². The second kappa shape index (κ2) is 3.35. The molecule has 4 bridgehead atoms. The van der Waals surface area contributed by atoms with Crippen LogP contribution in [0.5, 0.6) is 0 Å². The fraction of sp³-hybridized carbons (Fsp3) is 0.857. The molecule has 0 aromatic carbocycles. The van der Waals surface area contributed by atoms with Crippen molar-refractivity contribution in [2.75, 3.05) is 6.54 Å². The third-order valence-electron chi connectivity index (χ3n) is 4.96. The van der Waals surface area contributed by atoms with E-state index >= 15 is 0 Å². The summed E-state index contributed by atoms with van der Waals surface area (Å²) in [6.45, 7) is 2.96. The Kier molecular flexibility index (Phi) is 2.21. The van der Waals surface area contributed by atoms with Gasteiger partial charge in [0.05, 0.1) is 0 Å². The number of rotatable bonds is 2. The number of hydrogen-bond acceptors (Lipinski definition) is 1. The average Bonchev–Trinajstić information content (AvgIpc) is 2.14. The molecule has 2 N–H and O–H groups in total. The Balaban J connectivity index is 1.87. The Morgan fingerprint density at radius 1 is 1.13 bits per heavy atom. The molecule has 0 amide bonds. The van der Waals surface area contributed by atoms with E-state index in [4.69, 9.17) is 5.73 Å². The van der Waals surface area contributed by atoms with E-state index in [9.17, 15) is 0 Å². The lowest BCUT2D eigenvalue weighted by molar-refractivity contribution is -0.0241. The molecule has 0 saturated heterocycles. The zero-order valence-electron chi connectivity index (χ0n) is 9.84. The maximum atomic E-state index is 5.73. The van der Waals surface area contributed by atoms with Gasteiger partial charge in [0.25, 0.3) is 0 Å². The van der Waals surface area contributed by atoms with Crippen LogP contribution in [0.25, 0.3) is 0 Å². The third kappa shape index (κ3) is 1.65. The summed E-state index contributed by atoms with van der Waals surface area (Å²) in [5.41, 5.74) is 7.73. The smallest absolute Gasteiger partial charge is 0.0134 e. The van der Waals surface area contributed by atoms with Crippen LogP contribution in [0.4, 0.5) is 0 Å². The highest BCUT2D eigenvalue weighted by Crippen LogP contribution is 2.60. The van der Waals surface area contributed by atoms with Crippen molar-refractivity contribution in [3.05, 3.63) is 11.6 Å². The highest BCUT2D eigenvalue weighted by Gasteiger charge is 2.49. The van der Waals surface area contributed by atoms with E-state index in [1.54, 1.807) is 0 Å². The summed E-state index contributed by atoms with van der Waals surface area (Å²) >= 11 is 0. The standard InChI is InChI=1S/C14H23N/c1-10(9-15)5-14-6-11-2-12(7-14)4-13(3-11)8-14/h5,11-13H,2-4,6-9,15H2,1H3/b10-5+. The predicted octanol–water partition coefficient (Wildman–Crippen LogP) is 3.11. The Morgan fingerprint density at radius 2 is 1.60 bits per heavy atom. The van der Waals surface area contributed by atoms with Gasteiger partial charge in [0.1, 0.15) is 0 Å². The van der Waals surface area contributed by atoms with E-state index < -0.39 is 0 Å². The zero-order valence-corrected chi connectivity index (χ0v) is 9.84. The van der Waals surface area contributed by atoms with Gasteiger partial charge >= 0.3 is 0 Å². The largest absolute Gasteiger partial charge is 0.327 e. The lowest BCUT2D eigenvalue weighted by Crippen LogP contribution is -2.45. The van der Waals surface area contributed by atoms with Gasteiger partial charge in [-0.3, -0.25) is 0 Å². The molecular formula is C14H23N. The normalized spacial score (nSPS) is 48.7. The van der Waals surface area contributed by atoms with Crippen molar-refractivity contribution in [1.29, 1.82) is 0 Å². The van der Waals surface area contributed by atoms with E-state index in [-0.39, 0.29) is 0 Å². The van der Waals surface area contributed by atoms with E-state index in [1.165, 1.54) is 44.1 Å². The lowest BCUT2D eigenvalue weighted by Gasteiger charge is -2.56. The zero-order chi connectivity index (χ0) is 10.5. The van der Waals surface area contributed by atoms with Crippen LogP contribution < -0.4 is 5.73 Å². The Bertz CT molecular complexity index is 254. The van der Waals surface area contributed by atoms with Crippen molar-refractivity contribution >= 4 is 0 Å². The van der Waals surface area contributed by atoms with Gasteiger partial charge in [0, 0.05) is 6.54 Å². The molecule has 0 heterocycles. The highest BCUT2D eigenvalue weighted by atomic mass is 14.6. The van der Waals surface area contributed by atoms with Crippen LogP contribution in [0.1, 0.15) is 45.4 Å². The molecule has 84 valence electrons.